The molecule has 0 bridgehead atoms. The summed E-state index contributed by atoms with van der Waals surface area (Å²) in [4.78, 5) is 11.1. The Labute approximate surface area is 112 Å². The SMILES string of the molecule is CC(C)C[C@H](NC(=S)Nc1ccccc1)C(=O)O. The van der Waals surface area contributed by atoms with Gasteiger partial charge in [-0.25, -0.2) is 4.79 Å². The molecule has 3 N–H and O–H groups in total. The summed E-state index contributed by atoms with van der Waals surface area (Å²) in [5.74, 6) is -0.598. The van der Waals surface area contributed by atoms with Crippen LogP contribution >= 0.6 is 12.2 Å². The summed E-state index contributed by atoms with van der Waals surface area (Å²) in [6.07, 6.45) is 0.534. The fourth-order valence-electron chi connectivity index (χ4n) is 1.54. The largest absolute Gasteiger partial charge is 0.480 e. The van der Waals surface area contributed by atoms with Crippen molar-refractivity contribution in [2.75, 3.05) is 5.32 Å². The molecule has 0 heterocycles. The van der Waals surface area contributed by atoms with E-state index in [1.807, 2.05) is 44.2 Å². The predicted octanol–water partition coefficient (Wildman–Crippen LogP) is 2.47. The van der Waals surface area contributed by atoms with Crippen molar-refractivity contribution in [2.45, 2.75) is 26.3 Å². The minimum absolute atomic E-state index is 0.290. The highest BCUT2D eigenvalue weighted by molar-refractivity contribution is 7.80. The third-order valence-electron chi connectivity index (χ3n) is 2.34. The fraction of sp³-hybridized carbons (Fsp3) is 0.385. The van der Waals surface area contributed by atoms with E-state index in [4.69, 9.17) is 17.3 Å². The van der Waals surface area contributed by atoms with Gasteiger partial charge in [0, 0.05) is 5.69 Å². The van der Waals surface area contributed by atoms with Crippen LogP contribution in [-0.2, 0) is 4.79 Å². The molecule has 98 valence electrons. The van der Waals surface area contributed by atoms with E-state index >= 15 is 0 Å². The first kappa shape index (κ1) is 14.4. The zero-order valence-corrected chi connectivity index (χ0v) is 11.3. The van der Waals surface area contributed by atoms with Crippen LogP contribution in [-0.4, -0.2) is 22.2 Å². The maximum atomic E-state index is 11.1. The molecule has 4 nitrogen and oxygen atoms in total. The van der Waals surface area contributed by atoms with Crippen LogP contribution in [0.5, 0.6) is 0 Å². The molecule has 18 heavy (non-hydrogen) atoms. The normalized spacial score (nSPS) is 11.9. The number of nitrogens with one attached hydrogen (secondary N) is 2. The van der Waals surface area contributed by atoms with E-state index in [9.17, 15) is 4.79 Å². The minimum atomic E-state index is -0.888. The van der Waals surface area contributed by atoms with Gasteiger partial charge in [-0.2, -0.15) is 0 Å². The Kier molecular flexibility index (Phi) is 5.58. The van der Waals surface area contributed by atoms with Gasteiger partial charge >= 0.3 is 5.97 Å². The number of carbonyl (C=O) groups is 1. The molecule has 1 rings (SSSR count). The Morgan fingerprint density at radius 3 is 2.44 bits per heavy atom. The van der Waals surface area contributed by atoms with Crippen LogP contribution in [0.1, 0.15) is 20.3 Å². The molecular weight excluding hydrogens is 248 g/mol. The molecule has 0 fully saturated rings. The smallest absolute Gasteiger partial charge is 0.326 e. The topological polar surface area (TPSA) is 61.4 Å². The Bertz CT molecular complexity index is 407. The van der Waals surface area contributed by atoms with E-state index < -0.39 is 12.0 Å². The Morgan fingerprint density at radius 1 is 1.33 bits per heavy atom. The molecule has 0 unspecified atom stereocenters. The first-order valence-electron chi connectivity index (χ1n) is 5.84. The van der Waals surface area contributed by atoms with Gasteiger partial charge in [-0.05, 0) is 36.7 Å². The van der Waals surface area contributed by atoms with E-state index in [0.29, 0.717) is 11.5 Å². The number of thiocarbonyl (C=S) groups is 1. The summed E-state index contributed by atoms with van der Waals surface area (Å²) in [7, 11) is 0. The summed E-state index contributed by atoms with van der Waals surface area (Å²) >= 11 is 5.10. The quantitative estimate of drug-likeness (QED) is 0.715. The molecular formula is C13H18N2O2S. The zero-order valence-electron chi connectivity index (χ0n) is 10.5. The lowest BCUT2D eigenvalue weighted by molar-refractivity contribution is -0.139. The highest BCUT2D eigenvalue weighted by Crippen LogP contribution is 2.07. The second kappa shape index (κ2) is 6.96. The van der Waals surface area contributed by atoms with Gasteiger partial charge in [0.1, 0.15) is 6.04 Å². The van der Waals surface area contributed by atoms with Crippen LogP contribution in [0.15, 0.2) is 30.3 Å². The molecule has 0 amide bonds. The van der Waals surface area contributed by atoms with Crippen molar-refractivity contribution in [3.05, 3.63) is 30.3 Å². The van der Waals surface area contributed by atoms with E-state index in [2.05, 4.69) is 10.6 Å². The maximum absolute atomic E-state index is 11.1. The van der Waals surface area contributed by atoms with Crippen molar-refractivity contribution in [1.29, 1.82) is 0 Å². The molecule has 1 atom stereocenters. The van der Waals surface area contributed by atoms with Crippen molar-refractivity contribution in [1.82, 2.24) is 5.32 Å². The average molecular weight is 266 g/mol. The summed E-state index contributed by atoms with van der Waals surface area (Å²) < 4.78 is 0. The number of anilines is 1. The zero-order chi connectivity index (χ0) is 13.5. The predicted molar refractivity (Wildman–Crippen MR) is 76.7 cm³/mol. The average Bonchev–Trinajstić information content (AvgIpc) is 2.28. The van der Waals surface area contributed by atoms with Crippen molar-refractivity contribution in [3.63, 3.8) is 0 Å². The molecule has 0 saturated heterocycles. The second-order valence-corrected chi connectivity index (χ2v) is 4.89. The lowest BCUT2D eigenvalue weighted by Crippen LogP contribution is -2.43. The fourth-order valence-corrected chi connectivity index (χ4v) is 1.80. The van der Waals surface area contributed by atoms with Crippen LogP contribution < -0.4 is 10.6 Å². The Balaban J connectivity index is 2.54. The molecule has 0 saturated carbocycles. The number of hydrogen-bond acceptors (Lipinski definition) is 2. The van der Waals surface area contributed by atoms with Crippen LogP contribution in [0.4, 0.5) is 5.69 Å². The van der Waals surface area contributed by atoms with Gasteiger partial charge in [0.2, 0.25) is 0 Å². The first-order valence-corrected chi connectivity index (χ1v) is 6.25. The molecule has 0 aromatic heterocycles. The third kappa shape index (κ3) is 5.14. The number of carboxylic acids is 1. The maximum Gasteiger partial charge on any atom is 0.326 e. The number of aliphatic carboxylic acids is 1. The van der Waals surface area contributed by atoms with E-state index in [-0.39, 0.29) is 5.92 Å². The van der Waals surface area contributed by atoms with Gasteiger partial charge in [0.05, 0.1) is 0 Å². The van der Waals surface area contributed by atoms with E-state index in [1.54, 1.807) is 0 Å². The summed E-state index contributed by atoms with van der Waals surface area (Å²) in [6, 6.07) is 8.74. The monoisotopic (exact) mass is 266 g/mol. The summed E-state index contributed by atoms with van der Waals surface area (Å²) in [5, 5.41) is 15.2. The molecule has 0 aliphatic rings. The third-order valence-corrected chi connectivity index (χ3v) is 2.56. The minimum Gasteiger partial charge on any atom is -0.480 e. The van der Waals surface area contributed by atoms with Gasteiger partial charge in [0.15, 0.2) is 5.11 Å². The number of hydrogen-bond donors (Lipinski definition) is 3. The number of rotatable bonds is 5. The van der Waals surface area contributed by atoms with E-state index in [0.717, 1.165) is 5.69 Å². The summed E-state index contributed by atoms with van der Waals surface area (Å²) in [5.41, 5.74) is 0.837. The molecule has 5 heteroatoms. The molecule has 0 radical (unpaired) electrons. The number of benzene rings is 1. The van der Waals surface area contributed by atoms with Gasteiger partial charge in [0.25, 0.3) is 0 Å². The van der Waals surface area contributed by atoms with Crippen molar-refractivity contribution >= 4 is 29.0 Å². The van der Waals surface area contributed by atoms with Crippen molar-refractivity contribution < 1.29 is 9.90 Å². The molecule has 1 aromatic rings. The van der Waals surface area contributed by atoms with Gasteiger partial charge in [-0.3, -0.25) is 0 Å². The highest BCUT2D eigenvalue weighted by atomic mass is 32.1. The van der Waals surface area contributed by atoms with Gasteiger partial charge in [-0.1, -0.05) is 32.0 Å². The standard InChI is InChI=1S/C13H18N2O2S/c1-9(2)8-11(12(16)17)15-13(18)14-10-6-4-3-5-7-10/h3-7,9,11H,8H2,1-2H3,(H,16,17)(H2,14,15,18)/t11-/m0/s1. The van der Waals surface area contributed by atoms with Gasteiger partial charge in [-0.15, -0.1) is 0 Å². The van der Waals surface area contributed by atoms with Gasteiger partial charge < -0.3 is 15.7 Å². The van der Waals surface area contributed by atoms with Crippen molar-refractivity contribution in [3.8, 4) is 0 Å². The Hall–Kier alpha value is -1.62. The summed E-state index contributed by atoms with van der Waals surface area (Å²) in [6.45, 7) is 3.95. The molecule has 0 aliphatic carbocycles. The first-order chi connectivity index (χ1) is 8.49. The molecule has 0 spiro atoms. The number of carboxylic acid groups (broad SMARTS) is 1. The Morgan fingerprint density at radius 2 is 1.94 bits per heavy atom. The van der Waals surface area contributed by atoms with Crippen LogP contribution in [0.2, 0.25) is 0 Å². The van der Waals surface area contributed by atoms with Crippen LogP contribution in [0.25, 0.3) is 0 Å². The lowest BCUT2D eigenvalue weighted by atomic mass is 10.0. The van der Waals surface area contributed by atoms with Crippen LogP contribution in [0.3, 0.4) is 0 Å². The second-order valence-electron chi connectivity index (χ2n) is 4.48. The number of para-hydroxylation sites is 1. The highest BCUT2D eigenvalue weighted by Gasteiger charge is 2.19. The molecule has 1 aromatic carbocycles. The van der Waals surface area contributed by atoms with E-state index in [1.165, 1.54) is 0 Å². The van der Waals surface area contributed by atoms with Crippen molar-refractivity contribution in [2.24, 2.45) is 5.92 Å². The lowest BCUT2D eigenvalue weighted by Gasteiger charge is -2.18. The van der Waals surface area contributed by atoms with Crippen LogP contribution in [0, 0.1) is 5.92 Å². The molecule has 0 aliphatic heterocycles.